The van der Waals surface area contributed by atoms with Gasteiger partial charge in [-0.25, -0.2) is 0 Å². The van der Waals surface area contributed by atoms with E-state index in [1.165, 1.54) is 11.1 Å². The highest BCUT2D eigenvalue weighted by atomic mass is 16.1. The normalized spacial score (nSPS) is 13.7. The molecule has 150 valence electrons. The first-order chi connectivity index (χ1) is 14.0. The van der Waals surface area contributed by atoms with Crippen LogP contribution in [0.25, 0.3) is 10.9 Å². The van der Waals surface area contributed by atoms with Crippen molar-refractivity contribution >= 4 is 22.5 Å². The van der Waals surface area contributed by atoms with Crippen molar-refractivity contribution in [2.45, 2.75) is 65.2 Å². The number of hydrogen-bond donors (Lipinski definition) is 1. The fourth-order valence-electron chi connectivity index (χ4n) is 4.50. The van der Waals surface area contributed by atoms with E-state index in [-0.39, 0.29) is 5.91 Å². The second-order valence-corrected chi connectivity index (χ2v) is 8.71. The number of aromatic nitrogens is 1. The van der Waals surface area contributed by atoms with Gasteiger partial charge in [-0.3, -0.25) is 9.78 Å². The van der Waals surface area contributed by atoms with Gasteiger partial charge in [-0.15, -0.1) is 0 Å². The summed E-state index contributed by atoms with van der Waals surface area (Å²) in [7, 11) is 0. The van der Waals surface area contributed by atoms with Gasteiger partial charge in [0, 0.05) is 16.8 Å². The van der Waals surface area contributed by atoms with E-state index in [1.807, 2.05) is 24.3 Å². The van der Waals surface area contributed by atoms with Crippen molar-refractivity contribution in [3.63, 3.8) is 0 Å². The quantitative estimate of drug-likeness (QED) is 0.548. The number of carbonyl (C=O) groups excluding carboxylic acids is 1. The molecule has 1 aromatic heterocycles. The molecule has 0 radical (unpaired) electrons. The van der Waals surface area contributed by atoms with Crippen LogP contribution < -0.4 is 5.32 Å². The van der Waals surface area contributed by atoms with Crippen molar-refractivity contribution in [1.29, 1.82) is 0 Å². The minimum atomic E-state index is -0.00301. The van der Waals surface area contributed by atoms with Crippen molar-refractivity contribution < 1.29 is 4.79 Å². The smallest absolute Gasteiger partial charge is 0.256 e. The first kappa shape index (κ1) is 19.6. The van der Waals surface area contributed by atoms with Crippen LogP contribution in [-0.4, -0.2) is 10.9 Å². The van der Waals surface area contributed by atoms with Gasteiger partial charge in [0.05, 0.1) is 11.1 Å². The Bertz CT molecular complexity index is 1040. The average molecular weight is 387 g/mol. The SMILES string of the molecule is CC(C)c1cccc(C(C)C)c1NC(=O)c1c2c(nc3ccccc13)CCCC2. The fraction of sp³-hybridized carbons (Fsp3) is 0.385. The van der Waals surface area contributed by atoms with E-state index in [9.17, 15) is 4.79 Å². The van der Waals surface area contributed by atoms with Crippen molar-refractivity contribution in [1.82, 2.24) is 4.98 Å². The van der Waals surface area contributed by atoms with E-state index in [1.54, 1.807) is 0 Å². The summed E-state index contributed by atoms with van der Waals surface area (Å²) in [6.07, 6.45) is 4.15. The van der Waals surface area contributed by atoms with Gasteiger partial charge in [0.15, 0.2) is 0 Å². The molecule has 1 aliphatic rings. The summed E-state index contributed by atoms with van der Waals surface area (Å²) in [5, 5.41) is 4.29. The Morgan fingerprint density at radius 2 is 1.55 bits per heavy atom. The van der Waals surface area contributed by atoms with E-state index in [0.717, 1.165) is 59.1 Å². The summed E-state index contributed by atoms with van der Waals surface area (Å²) in [6.45, 7) is 8.72. The molecule has 0 saturated heterocycles. The van der Waals surface area contributed by atoms with Crippen molar-refractivity contribution in [2.75, 3.05) is 5.32 Å². The number of rotatable bonds is 4. The zero-order chi connectivity index (χ0) is 20.5. The van der Waals surface area contributed by atoms with Gasteiger partial charge >= 0.3 is 0 Å². The molecule has 0 unspecified atom stereocenters. The molecule has 0 atom stereocenters. The van der Waals surface area contributed by atoms with Crippen LogP contribution >= 0.6 is 0 Å². The van der Waals surface area contributed by atoms with Gasteiger partial charge in [0.25, 0.3) is 5.91 Å². The molecule has 1 heterocycles. The van der Waals surface area contributed by atoms with Crippen molar-refractivity contribution in [2.24, 2.45) is 0 Å². The van der Waals surface area contributed by atoms with Crippen LogP contribution in [0.1, 0.15) is 85.1 Å². The molecule has 29 heavy (non-hydrogen) atoms. The maximum absolute atomic E-state index is 13.7. The Balaban J connectivity index is 1.86. The van der Waals surface area contributed by atoms with E-state index in [4.69, 9.17) is 4.98 Å². The van der Waals surface area contributed by atoms with Crippen LogP contribution in [0.15, 0.2) is 42.5 Å². The molecule has 3 heteroatoms. The molecule has 1 aliphatic carbocycles. The maximum Gasteiger partial charge on any atom is 0.256 e. The summed E-state index contributed by atoms with van der Waals surface area (Å²) < 4.78 is 0. The summed E-state index contributed by atoms with van der Waals surface area (Å²) in [5.41, 5.74) is 7.33. The Morgan fingerprint density at radius 3 is 2.24 bits per heavy atom. The molecule has 2 aromatic carbocycles. The van der Waals surface area contributed by atoms with Crippen LogP contribution in [0.5, 0.6) is 0 Å². The molecular formula is C26H30N2O. The predicted octanol–water partition coefficient (Wildman–Crippen LogP) is 6.61. The van der Waals surface area contributed by atoms with Crippen LogP contribution in [0.3, 0.4) is 0 Å². The number of carbonyl (C=O) groups is 1. The standard InChI is InChI=1S/C26H30N2O/c1-16(2)18-12-9-13-19(17(3)4)25(18)28-26(29)24-20-10-5-7-14-22(20)27-23-15-8-6-11-21(23)24/h5,7,9-10,12-14,16-17H,6,8,11,15H2,1-4H3,(H,28,29). The molecule has 3 aromatic rings. The molecular weight excluding hydrogens is 356 g/mol. The number of fused-ring (bicyclic) bond motifs is 2. The number of hydrogen-bond acceptors (Lipinski definition) is 2. The van der Waals surface area contributed by atoms with E-state index in [0.29, 0.717) is 11.8 Å². The minimum absolute atomic E-state index is 0.00301. The number of nitrogens with one attached hydrogen (secondary N) is 1. The predicted molar refractivity (Wildman–Crippen MR) is 121 cm³/mol. The van der Waals surface area contributed by atoms with Gasteiger partial charge in [0.2, 0.25) is 0 Å². The van der Waals surface area contributed by atoms with Crippen molar-refractivity contribution in [3.05, 3.63) is 70.4 Å². The number of para-hydroxylation sites is 2. The van der Waals surface area contributed by atoms with E-state index < -0.39 is 0 Å². The lowest BCUT2D eigenvalue weighted by molar-refractivity contribution is 0.102. The Morgan fingerprint density at radius 1 is 0.897 bits per heavy atom. The maximum atomic E-state index is 13.7. The molecule has 0 spiro atoms. The molecule has 4 rings (SSSR count). The van der Waals surface area contributed by atoms with Gasteiger partial charge in [-0.1, -0.05) is 64.1 Å². The molecule has 0 bridgehead atoms. The number of benzene rings is 2. The molecule has 0 saturated carbocycles. The van der Waals surface area contributed by atoms with E-state index >= 15 is 0 Å². The number of amides is 1. The zero-order valence-electron chi connectivity index (χ0n) is 17.9. The largest absolute Gasteiger partial charge is 0.321 e. The molecule has 1 N–H and O–H groups in total. The lowest BCUT2D eigenvalue weighted by Gasteiger charge is -2.23. The highest BCUT2D eigenvalue weighted by Gasteiger charge is 2.24. The number of anilines is 1. The van der Waals surface area contributed by atoms with Crippen molar-refractivity contribution in [3.8, 4) is 0 Å². The summed E-state index contributed by atoms with van der Waals surface area (Å²) in [6, 6.07) is 14.4. The number of pyridine rings is 1. The van der Waals surface area contributed by atoms with E-state index in [2.05, 4.69) is 51.2 Å². The Hall–Kier alpha value is -2.68. The van der Waals surface area contributed by atoms with Crippen LogP contribution in [-0.2, 0) is 12.8 Å². The molecule has 0 aliphatic heterocycles. The van der Waals surface area contributed by atoms with Gasteiger partial charge in [-0.05, 0) is 60.3 Å². The first-order valence-electron chi connectivity index (χ1n) is 10.8. The summed E-state index contributed by atoms with van der Waals surface area (Å²) in [5.74, 6) is 0.677. The third-order valence-electron chi connectivity index (χ3n) is 6.01. The third-order valence-corrected chi connectivity index (χ3v) is 6.01. The lowest BCUT2D eigenvalue weighted by Crippen LogP contribution is -2.21. The zero-order valence-corrected chi connectivity index (χ0v) is 17.9. The molecule has 3 nitrogen and oxygen atoms in total. The number of aryl methyl sites for hydroxylation is 1. The van der Waals surface area contributed by atoms with Crippen LogP contribution in [0, 0.1) is 0 Å². The fourth-order valence-corrected chi connectivity index (χ4v) is 4.50. The lowest BCUT2D eigenvalue weighted by atomic mass is 9.88. The van der Waals surface area contributed by atoms with Gasteiger partial charge in [-0.2, -0.15) is 0 Å². The summed E-state index contributed by atoms with van der Waals surface area (Å²) in [4.78, 5) is 18.6. The van der Waals surface area contributed by atoms with Gasteiger partial charge < -0.3 is 5.32 Å². The minimum Gasteiger partial charge on any atom is -0.321 e. The number of nitrogens with zero attached hydrogens (tertiary/aromatic N) is 1. The second kappa shape index (κ2) is 7.98. The third kappa shape index (κ3) is 3.66. The second-order valence-electron chi connectivity index (χ2n) is 8.71. The Labute approximate surface area is 173 Å². The van der Waals surface area contributed by atoms with Gasteiger partial charge in [0.1, 0.15) is 0 Å². The highest BCUT2D eigenvalue weighted by Crippen LogP contribution is 2.34. The summed E-state index contributed by atoms with van der Waals surface area (Å²) >= 11 is 0. The molecule has 0 fully saturated rings. The van der Waals surface area contributed by atoms with Crippen LogP contribution in [0.4, 0.5) is 5.69 Å². The molecule has 1 amide bonds. The topological polar surface area (TPSA) is 42.0 Å². The monoisotopic (exact) mass is 386 g/mol. The first-order valence-corrected chi connectivity index (χ1v) is 10.8. The average Bonchev–Trinajstić information content (AvgIpc) is 2.71. The Kier molecular flexibility index (Phi) is 5.40. The highest BCUT2D eigenvalue weighted by molar-refractivity contribution is 6.14. The van der Waals surface area contributed by atoms with Crippen LogP contribution in [0.2, 0.25) is 0 Å².